The average Bonchev–Trinajstić information content (AvgIpc) is 3.51. The van der Waals surface area contributed by atoms with Gasteiger partial charge in [0.25, 0.3) is 0 Å². The second kappa shape index (κ2) is 11.4. The van der Waals surface area contributed by atoms with Crippen LogP contribution in [0.4, 0.5) is 24.7 Å². The van der Waals surface area contributed by atoms with Crippen molar-refractivity contribution in [2.24, 2.45) is 0 Å². The molecule has 2 aromatic heterocycles. The molecule has 2 aromatic carbocycles. The molecule has 1 N–H and O–H groups in total. The number of furan rings is 1. The minimum absolute atomic E-state index is 0.128. The van der Waals surface area contributed by atoms with Crippen LogP contribution in [0.25, 0.3) is 22.2 Å². The van der Waals surface area contributed by atoms with Crippen LogP contribution in [0, 0.1) is 0 Å². The van der Waals surface area contributed by atoms with Crippen molar-refractivity contribution in [2.45, 2.75) is 31.2 Å². The van der Waals surface area contributed by atoms with Crippen LogP contribution >= 0.6 is 0 Å². The van der Waals surface area contributed by atoms with Gasteiger partial charge in [-0.3, -0.25) is 4.79 Å². The predicted molar refractivity (Wildman–Crippen MR) is 145 cm³/mol. The molecule has 1 aliphatic heterocycles. The van der Waals surface area contributed by atoms with E-state index in [1.807, 2.05) is 18.2 Å². The molecule has 12 heteroatoms. The lowest BCUT2D eigenvalue weighted by molar-refractivity contribution is -0.200. The molecule has 4 aromatic rings. The maximum Gasteiger partial charge on any atom is 0.408 e. The van der Waals surface area contributed by atoms with Gasteiger partial charge in [0.15, 0.2) is 11.5 Å². The number of rotatable bonds is 8. The van der Waals surface area contributed by atoms with E-state index in [9.17, 15) is 18.0 Å². The Labute approximate surface area is 233 Å². The summed E-state index contributed by atoms with van der Waals surface area (Å²) in [4.78, 5) is 21.6. The molecule has 1 aliphatic rings. The van der Waals surface area contributed by atoms with Gasteiger partial charge in [0.1, 0.15) is 35.8 Å². The number of piperidine rings is 1. The van der Waals surface area contributed by atoms with Crippen LogP contribution in [0.5, 0.6) is 17.2 Å². The second-order valence-electron chi connectivity index (χ2n) is 9.32. The summed E-state index contributed by atoms with van der Waals surface area (Å²) in [7, 11) is 2.98. The maximum absolute atomic E-state index is 13.8. The number of nitrogens with one attached hydrogen (secondary N) is 1. The minimum atomic E-state index is -4.62. The van der Waals surface area contributed by atoms with Gasteiger partial charge in [-0.2, -0.15) is 13.2 Å². The fraction of sp³-hybridized carbons (Fsp3) is 0.276. The zero-order valence-electron chi connectivity index (χ0n) is 22.3. The Morgan fingerprint density at radius 3 is 2.61 bits per heavy atom. The van der Waals surface area contributed by atoms with E-state index in [0.29, 0.717) is 39.7 Å². The van der Waals surface area contributed by atoms with Gasteiger partial charge in [-0.25, -0.2) is 9.97 Å². The van der Waals surface area contributed by atoms with Crippen molar-refractivity contribution in [2.75, 3.05) is 26.1 Å². The van der Waals surface area contributed by atoms with E-state index in [4.69, 9.17) is 18.6 Å². The van der Waals surface area contributed by atoms with E-state index in [1.165, 1.54) is 13.4 Å². The Kier molecular flexibility index (Phi) is 7.73. The Morgan fingerprint density at radius 2 is 1.93 bits per heavy atom. The Hall–Kier alpha value is -4.74. The molecular weight excluding hydrogens is 541 g/mol. The predicted octanol–water partition coefficient (Wildman–Crippen LogP) is 6.14. The number of ether oxygens (including phenoxy) is 3. The van der Waals surface area contributed by atoms with Crippen molar-refractivity contribution < 1.29 is 36.6 Å². The smallest absolute Gasteiger partial charge is 0.408 e. The number of amides is 1. The number of methoxy groups -OCH3 is 2. The fourth-order valence-electron chi connectivity index (χ4n) is 4.86. The number of halogens is 3. The minimum Gasteiger partial charge on any atom is -0.495 e. The van der Waals surface area contributed by atoms with Gasteiger partial charge in [0.2, 0.25) is 5.91 Å². The van der Waals surface area contributed by atoms with Crippen LogP contribution in [-0.4, -0.2) is 59.9 Å². The zero-order valence-corrected chi connectivity index (χ0v) is 22.3. The monoisotopic (exact) mass is 568 g/mol. The number of nitrogens with zero attached hydrogens (tertiary/aromatic N) is 3. The molecule has 2 unspecified atom stereocenters. The molecule has 5 rings (SSSR count). The van der Waals surface area contributed by atoms with Crippen LogP contribution in [-0.2, 0) is 4.79 Å². The molecule has 2 atom stereocenters. The first-order valence-corrected chi connectivity index (χ1v) is 12.7. The second-order valence-corrected chi connectivity index (χ2v) is 9.32. The summed E-state index contributed by atoms with van der Waals surface area (Å²) in [5, 5.41) is 3.81. The van der Waals surface area contributed by atoms with E-state index in [1.54, 1.807) is 37.6 Å². The number of anilines is 2. The number of benzene rings is 2. The number of hydrogen-bond acceptors (Lipinski definition) is 8. The first-order chi connectivity index (χ1) is 19.7. The van der Waals surface area contributed by atoms with Crippen LogP contribution in [0.15, 0.2) is 72.1 Å². The summed E-state index contributed by atoms with van der Waals surface area (Å²) in [6, 6.07) is 10.4. The van der Waals surface area contributed by atoms with Crippen molar-refractivity contribution in [3.8, 4) is 28.6 Å². The summed E-state index contributed by atoms with van der Waals surface area (Å²) in [6.45, 7) is 3.19. The number of aromatic nitrogens is 2. The normalized spacial score (nSPS) is 17.2. The Bertz CT molecular complexity index is 1560. The van der Waals surface area contributed by atoms with Crippen molar-refractivity contribution in [3.05, 3.63) is 67.7 Å². The largest absolute Gasteiger partial charge is 0.495 e. The van der Waals surface area contributed by atoms with Gasteiger partial charge in [-0.1, -0.05) is 6.58 Å². The molecule has 3 heterocycles. The molecule has 9 nitrogen and oxygen atoms in total. The van der Waals surface area contributed by atoms with E-state index in [0.717, 1.165) is 16.5 Å². The SMILES string of the molecule is C=CC(=O)N1CCC(Oc2cc3c(Nc4cc(-c5ccco5)ccc4OC)ncnc3cc2OC)CC1C(F)(F)F. The van der Waals surface area contributed by atoms with Gasteiger partial charge < -0.3 is 28.8 Å². The highest BCUT2D eigenvalue weighted by Crippen LogP contribution is 2.40. The van der Waals surface area contributed by atoms with E-state index >= 15 is 0 Å². The topological polar surface area (TPSA) is 99.0 Å². The standard InChI is InChI=1S/C29H27F3N4O5/c1-4-27(37)36-10-9-18(13-26(36)29(30,31)32)41-25-14-19-20(15-24(25)39-3)33-16-34-28(19)35-21-12-17(7-8-23(21)38-2)22-6-5-11-40-22/h4-8,11-12,14-16,18,26H,1,9-10,13H2,2-3H3,(H,33,34,35). The summed E-state index contributed by atoms with van der Waals surface area (Å²) in [5.41, 5.74) is 1.93. The average molecular weight is 569 g/mol. The molecule has 41 heavy (non-hydrogen) atoms. The maximum atomic E-state index is 13.8. The van der Waals surface area contributed by atoms with E-state index in [-0.39, 0.29) is 18.7 Å². The Morgan fingerprint density at radius 1 is 1.12 bits per heavy atom. The molecule has 1 saturated heterocycles. The van der Waals surface area contributed by atoms with Crippen LogP contribution < -0.4 is 19.5 Å². The van der Waals surface area contributed by atoms with Crippen LogP contribution in [0.3, 0.4) is 0 Å². The summed E-state index contributed by atoms with van der Waals surface area (Å²) in [6.07, 6.45) is -1.83. The van der Waals surface area contributed by atoms with Gasteiger partial charge in [-0.15, -0.1) is 0 Å². The molecule has 214 valence electrons. The summed E-state index contributed by atoms with van der Waals surface area (Å²) in [5.74, 6) is 1.39. The third-order valence-electron chi connectivity index (χ3n) is 6.86. The van der Waals surface area contributed by atoms with Gasteiger partial charge in [0.05, 0.1) is 31.7 Å². The van der Waals surface area contributed by atoms with Gasteiger partial charge in [0, 0.05) is 36.4 Å². The van der Waals surface area contributed by atoms with Crippen molar-refractivity contribution in [1.29, 1.82) is 0 Å². The highest BCUT2D eigenvalue weighted by atomic mass is 19.4. The molecule has 0 aliphatic carbocycles. The van der Waals surface area contributed by atoms with E-state index < -0.39 is 30.7 Å². The number of likely N-dealkylation sites (tertiary alicyclic amines) is 1. The van der Waals surface area contributed by atoms with Crippen molar-refractivity contribution >= 4 is 28.3 Å². The molecule has 0 spiro atoms. The number of carbonyl (C=O) groups is 1. The van der Waals surface area contributed by atoms with E-state index in [2.05, 4.69) is 21.9 Å². The molecule has 1 fully saturated rings. The zero-order chi connectivity index (χ0) is 29.1. The van der Waals surface area contributed by atoms with Crippen molar-refractivity contribution in [1.82, 2.24) is 14.9 Å². The van der Waals surface area contributed by atoms with Crippen LogP contribution in [0.2, 0.25) is 0 Å². The first-order valence-electron chi connectivity index (χ1n) is 12.7. The molecule has 0 bridgehead atoms. The molecule has 0 saturated carbocycles. The van der Waals surface area contributed by atoms with Crippen molar-refractivity contribution in [3.63, 3.8) is 0 Å². The highest BCUT2D eigenvalue weighted by Gasteiger charge is 2.48. The highest BCUT2D eigenvalue weighted by molar-refractivity contribution is 5.93. The summed E-state index contributed by atoms with van der Waals surface area (Å²) >= 11 is 0. The molecule has 0 radical (unpaired) electrons. The lowest BCUT2D eigenvalue weighted by atomic mass is 9.98. The van der Waals surface area contributed by atoms with Crippen LogP contribution in [0.1, 0.15) is 12.8 Å². The van der Waals surface area contributed by atoms with Gasteiger partial charge in [-0.05, 0) is 42.5 Å². The van der Waals surface area contributed by atoms with Gasteiger partial charge >= 0.3 is 6.18 Å². The molecule has 1 amide bonds. The number of hydrogen-bond donors (Lipinski definition) is 1. The number of fused-ring (bicyclic) bond motifs is 1. The third-order valence-corrected chi connectivity index (χ3v) is 6.86. The fourth-order valence-corrected chi connectivity index (χ4v) is 4.86. The quantitative estimate of drug-likeness (QED) is 0.253. The summed E-state index contributed by atoms with van der Waals surface area (Å²) < 4.78 is 64.1. The first kappa shape index (κ1) is 27.8. The number of carbonyl (C=O) groups excluding carboxylic acids is 1. The molecular formula is C29H27F3N4O5. The lowest BCUT2D eigenvalue weighted by Crippen LogP contribution is -2.54. The lowest BCUT2D eigenvalue weighted by Gasteiger charge is -2.39. The third kappa shape index (κ3) is 5.76. The Balaban J connectivity index is 1.47. The number of alkyl halides is 3.